The summed E-state index contributed by atoms with van der Waals surface area (Å²) in [6, 6.07) is 7.55. The largest absolute Gasteiger partial charge is 0.744 e. The minimum absolute atomic E-state index is 0.560. The van der Waals surface area contributed by atoms with Crippen molar-refractivity contribution >= 4 is 33.5 Å². The molecule has 1 heterocycles. The average Bonchev–Trinajstić information content (AvgIpc) is 2.37. The van der Waals surface area contributed by atoms with E-state index in [2.05, 4.69) is 4.98 Å². The van der Waals surface area contributed by atoms with Gasteiger partial charge in [-0.05, 0) is 41.9 Å². The summed E-state index contributed by atoms with van der Waals surface area (Å²) >= 11 is 5.51. The number of anilines is 1. The van der Waals surface area contributed by atoms with E-state index < -0.39 is 32.3 Å². The number of aromatic nitrogens is 1. The van der Waals surface area contributed by atoms with Gasteiger partial charge in [0.25, 0.3) is 5.82 Å². The number of aromatic carboxylic acids is 1. The quantitative estimate of drug-likeness (QED) is 0.534. The molecular weight excluding hydrogens is 336 g/mol. The highest BCUT2D eigenvalue weighted by Crippen LogP contribution is 2.20. The standard InChI is InChI=1S/C7H6O6S.C5H5ClN2/c8-6-2-1-4(14(11,12)13)3-5(6)7(9)10;6-4-2-1-3-5(7)8-4/h1-3,8H,(H,9,10)(H,11,12,13);1-3H,(H2,7,8). The van der Waals surface area contributed by atoms with Crippen LogP contribution in [-0.2, 0) is 10.1 Å². The molecule has 5 N–H and O–H groups in total. The number of H-pyrrole nitrogens is 1. The lowest BCUT2D eigenvalue weighted by atomic mass is 10.2. The maximum absolute atomic E-state index is 10.5. The number of carboxylic acids is 1. The predicted octanol–water partition coefficient (Wildman–Crippen LogP) is 0.731. The molecule has 0 bridgehead atoms. The van der Waals surface area contributed by atoms with E-state index in [1.165, 1.54) is 0 Å². The van der Waals surface area contributed by atoms with Crippen LogP contribution in [-0.4, -0.2) is 29.2 Å². The molecule has 1 aromatic heterocycles. The van der Waals surface area contributed by atoms with Crippen molar-refractivity contribution in [2.24, 2.45) is 0 Å². The van der Waals surface area contributed by atoms with Crippen molar-refractivity contribution in [1.82, 2.24) is 0 Å². The van der Waals surface area contributed by atoms with Crippen molar-refractivity contribution in [3.8, 4) is 5.75 Å². The van der Waals surface area contributed by atoms with Crippen molar-refractivity contribution in [1.29, 1.82) is 0 Å². The zero-order valence-electron chi connectivity index (χ0n) is 10.9. The summed E-state index contributed by atoms with van der Waals surface area (Å²) in [7, 11) is -4.70. The smallest absolute Gasteiger partial charge is 0.339 e. The van der Waals surface area contributed by atoms with Gasteiger partial charge in [-0.3, -0.25) is 5.73 Å². The van der Waals surface area contributed by atoms with Crippen LogP contribution >= 0.6 is 11.6 Å². The Hall–Kier alpha value is -2.36. The average molecular weight is 347 g/mol. The van der Waals surface area contributed by atoms with Crippen LogP contribution in [0.25, 0.3) is 0 Å². The molecule has 0 fully saturated rings. The molecule has 10 heteroatoms. The predicted molar refractivity (Wildman–Crippen MR) is 75.4 cm³/mol. The number of carbonyl (C=O) groups is 1. The first-order chi connectivity index (χ1) is 10.1. The second kappa shape index (κ2) is 7.07. The van der Waals surface area contributed by atoms with Gasteiger partial charge in [-0.2, -0.15) is 0 Å². The Morgan fingerprint density at radius 1 is 1.27 bits per heavy atom. The van der Waals surface area contributed by atoms with Gasteiger partial charge >= 0.3 is 5.97 Å². The third-order valence-corrected chi connectivity index (χ3v) is 3.32. The Morgan fingerprint density at radius 3 is 2.32 bits per heavy atom. The second-order valence-corrected chi connectivity index (χ2v) is 5.68. The maximum Gasteiger partial charge on any atom is 0.339 e. The van der Waals surface area contributed by atoms with Crippen molar-refractivity contribution in [3.05, 3.63) is 47.1 Å². The number of nitrogens with two attached hydrogens (primary N) is 1. The lowest BCUT2D eigenvalue weighted by Crippen LogP contribution is -2.09. The Morgan fingerprint density at radius 2 is 1.91 bits per heavy atom. The van der Waals surface area contributed by atoms with Gasteiger partial charge in [-0.15, -0.1) is 0 Å². The van der Waals surface area contributed by atoms with Crippen LogP contribution in [0.15, 0.2) is 41.3 Å². The fourth-order valence-electron chi connectivity index (χ4n) is 1.30. The molecule has 1 aromatic carbocycles. The number of pyridine rings is 1. The van der Waals surface area contributed by atoms with E-state index in [4.69, 9.17) is 27.5 Å². The SMILES string of the molecule is Nc1cccc(Cl)[nH+]1.O=C(O)c1cc(S(=O)(=O)[O-])ccc1O. The summed E-state index contributed by atoms with van der Waals surface area (Å²) in [6.07, 6.45) is 0. The van der Waals surface area contributed by atoms with Crippen molar-refractivity contribution in [3.63, 3.8) is 0 Å². The molecule has 0 amide bonds. The van der Waals surface area contributed by atoms with E-state index in [0.717, 1.165) is 12.1 Å². The number of benzene rings is 1. The number of hydrogen-bond donors (Lipinski definition) is 3. The number of aromatic hydroxyl groups is 1. The number of nitrogen functional groups attached to an aromatic ring is 1. The molecule has 118 valence electrons. The summed E-state index contributed by atoms with van der Waals surface area (Å²) in [5.74, 6) is -1.52. The number of phenols is 1. The van der Waals surface area contributed by atoms with Crippen LogP contribution in [0.3, 0.4) is 0 Å². The van der Waals surface area contributed by atoms with Crippen LogP contribution in [0.5, 0.6) is 5.75 Å². The summed E-state index contributed by atoms with van der Waals surface area (Å²) in [6.45, 7) is 0. The molecule has 0 unspecified atom stereocenters. The third-order valence-electron chi connectivity index (χ3n) is 2.27. The number of rotatable bonds is 2. The lowest BCUT2D eigenvalue weighted by molar-refractivity contribution is -0.357. The molecule has 8 nitrogen and oxygen atoms in total. The highest BCUT2D eigenvalue weighted by molar-refractivity contribution is 7.85. The van der Waals surface area contributed by atoms with Gasteiger partial charge in [0.05, 0.1) is 4.90 Å². The van der Waals surface area contributed by atoms with E-state index in [9.17, 15) is 17.8 Å². The van der Waals surface area contributed by atoms with E-state index >= 15 is 0 Å². The van der Waals surface area contributed by atoms with Crippen LogP contribution in [0.2, 0.25) is 5.15 Å². The van der Waals surface area contributed by atoms with Crippen LogP contribution in [0, 0.1) is 0 Å². The monoisotopic (exact) mass is 346 g/mol. The summed E-state index contributed by atoms with van der Waals surface area (Å²) in [4.78, 5) is 12.5. The normalized spacial score (nSPS) is 10.5. The van der Waals surface area contributed by atoms with E-state index in [1.807, 2.05) is 0 Å². The topological polar surface area (TPSA) is 155 Å². The van der Waals surface area contributed by atoms with E-state index in [-0.39, 0.29) is 0 Å². The highest BCUT2D eigenvalue weighted by atomic mass is 35.5. The Kier molecular flexibility index (Phi) is 5.69. The molecule has 22 heavy (non-hydrogen) atoms. The molecule has 2 rings (SSSR count). The van der Waals surface area contributed by atoms with Gasteiger partial charge in [0, 0.05) is 6.07 Å². The van der Waals surface area contributed by atoms with Crippen molar-refractivity contribution in [2.45, 2.75) is 4.90 Å². The van der Waals surface area contributed by atoms with E-state index in [1.54, 1.807) is 18.2 Å². The Balaban J connectivity index is 0.000000255. The van der Waals surface area contributed by atoms with Crippen LogP contribution < -0.4 is 10.7 Å². The van der Waals surface area contributed by atoms with E-state index in [0.29, 0.717) is 17.0 Å². The zero-order valence-corrected chi connectivity index (χ0v) is 12.4. The molecular formula is C12H11ClN2O6S. The zero-order chi connectivity index (χ0) is 16.9. The first kappa shape index (κ1) is 17.7. The molecule has 0 aliphatic carbocycles. The highest BCUT2D eigenvalue weighted by Gasteiger charge is 2.12. The van der Waals surface area contributed by atoms with Gasteiger partial charge in [-0.25, -0.2) is 18.2 Å². The van der Waals surface area contributed by atoms with Gasteiger partial charge in [0.2, 0.25) is 0 Å². The molecule has 0 aliphatic heterocycles. The molecule has 0 atom stereocenters. The number of aromatic amines is 1. The number of halogens is 1. The first-order valence-corrected chi connectivity index (χ1v) is 7.35. The van der Waals surface area contributed by atoms with Gasteiger partial charge in [0.1, 0.15) is 21.4 Å². The molecule has 0 spiro atoms. The molecule has 0 saturated carbocycles. The number of hydrogen-bond acceptors (Lipinski definition) is 6. The number of carboxylic acid groups (broad SMARTS) is 1. The molecule has 0 saturated heterocycles. The fraction of sp³-hybridized carbons (Fsp3) is 0. The molecule has 2 aromatic rings. The van der Waals surface area contributed by atoms with Gasteiger partial charge in [-0.1, -0.05) is 0 Å². The van der Waals surface area contributed by atoms with Crippen LogP contribution in [0.1, 0.15) is 10.4 Å². The first-order valence-electron chi connectivity index (χ1n) is 5.57. The van der Waals surface area contributed by atoms with Crippen molar-refractivity contribution in [2.75, 3.05) is 5.73 Å². The molecule has 0 radical (unpaired) electrons. The summed E-state index contributed by atoms with van der Waals surface area (Å²) in [5.41, 5.74) is 4.70. The Bertz CT molecular complexity index is 777. The fourth-order valence-corrected chi connectivity index (χ4v) is 1.98. The molecule has 0 aliphatic rings. The second-order valence-electron chi connectivity index (χ2n) is 3.89. The minimum atomic E-state index is -4.70. The van der Waals surface area contributed by atoms with Crippen LogP contribution in [0.4, 0.5) is 5.82 Å². The van der Waals surface area contributed by atoms with Gasteiger partial charge < -0.3 is 14.8 Å². The summed E-state index contributed by atoms with van der Waals surface area (Å²) in [5, 5.41) is 18.1. The van der Waals surface area contributed by atoms with Crippen molar-refractivity contribution < 1.29 is 33.0 Å². The third kappa shape index (κ3) is 5.20. The maximum atomic E-state index is 10.5. The summed E-state index contributed by atoms with van der Waals surface area (Å²) < 4.78 is 31.5. The van der Waals surface area contributed by atoms with Gasteiger partial charge in [0.15, 0.2) is 5.15 Å². The number of nitrogens with one attached hydrogen (secondary N) is 1. The lowest BCUT2D eigenvalue weighted by Gasteiger charge is -2.08. The minimum Gasteiger partial charge on any atom is -0.744 e. The Labute approximate surface area is 130 Å².